The summed E-state index contributed by atoms with van der Waals surface area (Å²) < 4.78 is 0.855. The van der Waals surface area contributed by atoms with Gasteiger partial charge in [-0.3, -0.25) is 10.1 Å². The van der Waals surface area contributed by atoms with Gasteiger partial charge in [-0.1, -0.05) is 60.7 Å². The quantitative estimate of drug-likeness (QED) is 0.660. The van der Waals surface area contributed by atoms with Gasteiger partial charge in [-0.25, -0.2) is 0 Å². The van der Waals surface area contributed by atoms with E-state index in [0.717, 1.165) is 10.1 Å². The lowest BCUT2D eigenvalue weighted by molar-refractivity contribution is 0.102. The molecule has 0 fully saturated rings. The Labute approximate surface area is 130 Å². The second kappa shape index (κ2) is 7.06. The number of thioether (sulfide) groups is 1. The lowest BCUT2D eigenvalue weighted by Crippen LogP contribution is -2.12. The van der Waals surface area contributed by atoms with Crippen LogP contribution >= 0.6 is 34.7 Å². The summed E-state index contributed by atoms with van der Waals surface area (Å²) in [6, 6.07) is 6.91. The van der Waals surface area contributed by atoms with Crippen LogP contribution in [0.25, 0.3) is 0 Å². The molecule has 1 N–H and O–H groups in total. The molecule has 0 aliphatic heterocycles. The van der Waals surface area contributed by atoms with Crippen molar-refractivity contribution in [1.29, 1.82) is 0 Å². The summed E-state index contributed by atoms with van der Waals surface area (Å²) in [6.07, 6.45) is 0. The number of rotatable bonds is 5. The second-order valence-corrected chi connectivity index (χ2v) is 7.16. The highest BCUT2D eigenvalue weighted by molar-refractivity contribution is 8.01. The van der Waals surface area contributed by atoms with Crippen molar-refractivity contribution < 1.29 is 4.79 Å². The topological polar surface area (TPSA) is 54.9 Å². The third-order valence-electron chi connectivity index (χ3n) is 2.29. The van der Waals surface area contributed by atoms with Crippen LogP contribution in [0.15, 0.2) is 28.6 Å². The Morgan fingerprint density at radius 2 is 2.15 bits per heavy atom. The molecule has 0 atom stereocenters. The molecule has 1 aromatic heterocycles. The minimum Gasteiger partial charge on any atom is -0.296 e. The van der Waals surface area contributed by atoms with Crippen LogP contribution in [-0.4, -0.2) is 21.9 Å². The lowest BCUT2D eigenvalue weighted by atomic mass is 10.2. The normalized spacial score (nSPS) is 10.8. The second-order valence-electron chi connectivity index (χ2n) is 4.51. The Balaban J connectivity index is 2.00. The van der Waals surface area contributed by atoms with Crippen LogP contribution in [0.5, 0.6) is 0 Å². The smallest absolute Gasteiger partial charge is 0.259 e. The summed E-state index contributed by atoms with van der Waals surface area (Å²) in [5, 5.41) is 11.6. The predicted octanol–water partition coefficient (Wildman–Crippen LogP) is 4.19. The third-order valence-corrected chi connectivity index (χ3v) is 5.01. The molecule has 0 aliphatic carbocycles. The molecule has 4 nitrogen and oxygen atoms in total. The van der Waals surface area contributed by atoms with Gasteiger partial charge in [0.2, 0.25) is 5.13 Å². The summed E-state index contributed by atoms with van der Waals surface area (Å²) in [6.45, 7) is 4.29. The highest BCUT2D eigenvalue weighted by atomic mass is 35.5. The molecule has 0 saturated heterocycles. The Bertz CT molecular complexity index is 601. The largest absolute Gasteiger partial charge is 0.296 e. The monoisotopic (exact) mass is 327 g/mol. The van der Waals surface area contributed by atoms with Crippen molar-refractivity contribution in [3.05, 3.63) is 34.9 Å². The number of benzene rings is 1. The lowest BCUT2D eigenvalue weighted by Gasteiger charge is -2.02. The van der Waals surface area contributed by atoms with E-state index in [1.807, 2.05) is 0 Å². The first-order valence-corrected chi connectivity index (χ1v) is 8.26. The van der Waals surface area contributed by atoms with Gasteiger partial charge in [-0.05, 0) is 18.1 Å². The number of carbonyl (C=O) groups excluding carboxylic acids is 1. The van der Waals surface area contributed by atoms with Crippen molar-refractivity contribution in [1.82, 2.24) is 10.2 Å². The van der Waals surface area contributed by atoms with Gasteiger partial charge in [0.15, 0.2) is 4.34 Å². The number of carbonyl (C=O) groups is 1. The molecule has 0 aliphatic rings. The van der Waals surface area contributed by atoms with E-state index in [1.165, 1.54) is 11.3 Å². The van der Waals surface area contributed by atoms with Gasteiger partial charge in [-0.15, -0.1) is 10.2 Å². The Morgan fingerprint density at radius 3 is 2.85 bits per heavy atom. The highest BCUT2D eigenvalue weighted by Crippen LogP contribution is 2.27. The van der Waals surface area contributed by atoms with E-state index >= 15 is 0 Å². The average molecular weight is 328 g/mol. The fourth-order valence-electron chi connectivity index (χ4n) is 1.37. The van der Waals surface area contributed by atoms with E-state index in [0.29, 0.717) is 21.6 Å². The van der Waals surface area contributed by atoms with E-state index < -0.39 is 0 Å². The number of nitrogens with zero attached hydrogens (tertiary/aromatic N) is 2. The molecule has 1 aromatic carbocycles. The van der Waals surface area contributed by atoms with Crippen LogP contribution in [0.2, 0.25) is 5.02 Å². The number of aromatic nitrogens is 2. The molecule has 0 unspecified atom stereocenters. The van der Waals surface area contributed by atoms with Crippen LogP contribution in [0, 0.1) is 5.92 Å². The Kier molecular flexibility index (Phi) is 5.39. The third kappa shape index (κ3) is 4.19. The first-order chi connectivity index (χ1) is 9.56. The molecule has 2 rings (SSSR count). The molecule has 0 radical (unpaired) electrons. The molecule has 20 heavy (non-hydrogen) atoms. The van der Waals surface area contributed by atoms with E-state index in [4.69, 9.17) is 11.6 Å². The number of anilines is 1. The maximum atomic E-state index is 12.0. The number of hydrogen-bond donors (Lipinski definition) is 1. The fourth-order valence-corrected chi connectivity index (χ4v) is 3.31. The molecular formula is C13H14ClN3OS2. The van der Waals surface area contributed by atoms with Crippen molar-refractivity contribution in [2.45, 2.75) is 18.2 Å². The van der Waals surface area contributed by atoms with Crippen LogP contribution in [0.1, 0.15) is 24.2 Å². The SMILES string of the molecule is CC(C)CSc1nnc(NC(=O)c2ccccc2Cl)s1. The van der Waals surface area contributed by atoms with E-state index in [9.17, 15) is 4.79 Å². The number of halogens is 1. The predicted molar refractivity (Wildman–Crippen MR) is 84.9 cm³/mol. The molecule has 0 bridgehead atoms. The van der Waals surface area contributed by atoms with Gasteiger partial charge >= 0.3 is 0 Å². The van der Waals surface area contributed by atoms with E-state index in [1.54, 1.807) is 36.0 Å². The van der Waals surface area contributed by atoms with Crippen molar-refractivity contribution in [2.24, 2.45) is 5.92 Å². The maximum Gasteiger partial charge on any atom is 0.259 e. The Hall–Kier alpha value is -1.11. The molecule has 7 heteroatoms. The fraction of sp³-hybridized carbons (Fsp3) is 0.308. The van der Waals surface area contributed by atoms with Gasteiger partial charge in [0.05, 0.1) is 10.6 Å². The standard InChI is InChI=1S/C13H14ClN3OS2/c1-8(2)7-19-13-17-16-12(20-13)15-11(18)9-5-3-4-6-10(9)14/h3-6,8H,7H2,1-2H3,(H,15,16,18). The van der Waals surface area contributed by atoms with Crippen LogP contribution in [-0.2, 0) is 0 Å². The molecule has 1 heterocycles. The van der Waals surface area contributed by atoms with Crippen molar-refractivity contribution >= 4 is 45.7 Å². The molecule has 0 saturated carbocycles. The first kappa shape index (κ1) is 15.3. The minimum atomic E-state index is -0.271. The minimum absolute atomic E-state index is 0.271. The highest BCUT2D eigenvalue weighted by Gasteiger charge is 2.13. The van der Waals surface area contributed by atoms with Crippen molar-refractivity contribution in [3.63, 3.8) is 0 Å². The Morgan fingerprint density at radius 1 is 1.40 bits per heavy atom. The summed E-state index contributed by atoms with van der Waals surface area (Å²) in [5.41, 5.74) is 0.431. The van der Waals surface area contributed by atoms with E-state index in [-0.39, 0.29) is 5.91 Å². The summed E-state index contributed by atoms with van der Waals surface area (Å²) in [7, 11) is 0. The van der Waals surface area contributed by atoms with Gasteiger partial charge in [0.1, 0.15) is 0 Å². The molecular weight excluding hydrogens is 314 g/mol. The van der Waals surface area contributed by atoms with Crippen LogP contribution < -0.4 is 5.32 Å². The number of hydrogen-bond acceptors (Lipinski definition) is 5. The zero-order valence-corrected chi connectivity index (χ0v) is 13.5. The maximum absolute atomic E-state index is 12.0. The van der Waals surface area contributed by atoms with Gasteiger partial charge in [0.25, 0.3) is 5.91 Å². The van der Waals surface area contributed by atoms with Gasteiger partial charge in [0, 0.05) is 5.75 Å². The van der Waals surface area contributed by atoms with Crippen LogP contribution in [0.4, 0.5) is 5.13 Å². The zero-order chi connectivity index (χ0) is 14.5. The molecule has 1 amide bonds. The van der Waals surface area contributed by atoms with Crippen molar-refractivity contribution in [2.75, 3.05) is 11.1 Å². The molecule has 106 valence electrons. The summed E-state index contributed by atoms with van der Waals surface area (Å²) in [4.78, 5) is 12.0. The van der Waals surface area contributed by atoms with Gasteiger partial charge < -0.3 is 0 Å². The molecule has 0 spiro atoms. The van der Waals surface area contributed by atoms with Crippen LogP contribution in [0.3, 0.4) is 0 Å². The molecule has 2 aromatic rings. The average Bonchev–Trinajstić information content (AvgIpc) is 2.84. The van der Waals surface area contributed by atoms with E-state index in [2.05, 4.69) is 29.4 Å². The summed E-state index contributed by atoms with van der Waals surface area (Å²) >= 11 is 8.99. The number of amides is 1. The zero-order valence-electron chi connectivity index (χ0n) is 11.1. The number of nitrogens with one attached hydrogen (secondary N) is 1. The van der Waals surface area contributed by atoms with Gasteiger partial charge in [-0.2, -0.15) is 0 Å². The first-order valence-electron chi connectivity index (χ1n) is 6.08. The van der Waals surface area contributed by atoms with Crippen molar-refractivity contribution in [3.8, 4) is 0 Å². The summed E-state index contributed by atoms with van der Waals surface area (Å²) in [5.74, 6) is 1.30.